The van der Waals surface area contributed by atoms with Crippen LogP contribution in [0.2, 0.25) is 0 Å². The van der Waals surface area contributed by atoms with E-state index in [9.17, 15) is 14.4 Å². The number of nitrogens with one attached hydrogen (secondary N) is 1. The molecule has 0 atom stereocenters. The smallest absolute Gasteiger partial charge is 0.306 e. The van der Waals surface area contributed by atoms with E-state index in [-0.39, 0.29) is 25.2 Å². The highest BCUT2D eigenvalue weighted by Gasteiger charge is 2.10. The second-order valence-electron chi connectivity index (χ2n) is 4.40. The Morgan fingerprint density at radius 1 is 1.14 bits per heavy atom. The Balaban J connectivity index is 2.55. The molecule has 0 unspecified atom stereocenters. The molecule has 0 fully saturated rings. The van der Waals surface area contributed by atoms with Crippen molar-refractivity contribution >= 4 is 23.5 Å². The number of carbonyl (C=O) groups excluding carboxylic acids is 2. The summed E-state index contributed by atoms with van der Waals surface area (Å²) in [7, 11) is 0. The van der Waals surface area contributed by atoms with Crippen LogP contribution in [0.25, 0.3) is 0 Å². The number of ether oxygens (including phenoxy) is 1. The first kappa shape index (κ1) is 16.7. The topological polar surface area (TPSA) is 92.7 Å². The third-order valence-electron chi connectivity index (χ3n) is 2.76. The summed E-state index contributed by atoms with van der Waals surface area (Å²) >= 11 is 0. The van der Waals surface area contributed by atoms with Crippen molar-refractivity contribution < 1.29 is 24.2 Å². The molecule has 1 amide bonds. The molecule has 0 aromatic heterocycles. The lowest BCUT2D eigenvalue weighted by Crippen LogP contribution is -2.15. The van der Waals surface area contributed by atoms with Gasteiger partial charge in [0.2, 0.25) is 5.91 Å². The third kappa shape index (κ3) is 6.56. The maximum Gasteiger partial charge on any atom is 0.306 e. The van der Waals surface area contributed by atoms with Crippen LogP contribution in [0.4, 0.5) is 5.69 Å². The number of esters is 1. The largest absolute Gasteiger partial charge is 0.481 e. The Hall–Kier alpha value is -2.37. The molecular weight excluding hydrogens is 274 g/mol. The van der Waals surface area contributed by atoms with Gasteiger partial charge < -0.3 is 15.2 Å². The first-order valence-electron chi connectivity index (χ1n) is 6.78. The maximum absolute atomic E-state index is 11.8. The van der Waals surface area contributed by atoms with E-state index in [0.29, 0.717) is 18.7 Å². The van der Waals surface area contributed by atoms with Crippen LogP contribution in [0.5, 0.6) is 0 Å². The van der Waals surface area contributed by atoms with Crippen LogP contribution < -0.4 is 5.32 Å². The molecule has 0 saturated carbocycles. The number of hydrogen-bond donors (Lipinski definition) is 2. The minimum absolute atomic E-state index is 0.00426. The van der Waals surface area contributed by atoms with Crippen LogP contribution in [-0.4, -0.2) is 29.6 Å². The van der Waals surface area contributed by atoms with Crippen molar-refractivity contribution in [3.8, 4) is 0 Å². The SMILES string of the molecule is CCOC(=O)CCC(=O)Nc1ccccc1CCC(=O)O. The third-order valence-corrected chi connectivity index (χ3v) is 2.76. The number of aryl methyl sites for hydroxylation is 1. The van der Waals surface area contributed by atoms with Gasteiger partial charge in [-0.2, -0.15) is 0 Å². The highest BCUT2D eigenvalue weighted by Crippen LogP contribution is 2.17. The fourth-order valence-electron chi connectivity index (χ4n) is 1.76. The van der Waals surface area contributed by atoms with Gasteiger partial charge in [0.25, 0.3) is 0 Å². The molecule has 1 aromatic carbocycles. The number of aliphatic carboxylic acids is 1. The summed E-state index contributed by atoms with van der Waals surface area (Å²) < 4.78 is 4.75. The van der Waals surface area contributed by atoms with Gasteiger partial charge in [0.1, 0.15) is 0 Å². The Kier molecular flexibility index (Phi) is 6.94. The Bertz CT molecular complexity index is 513. The Morgan fingerprint density at radius 2 is 1.86 bits per heavy atom. The Labute approximate surface area is 123 Å². The van der Waals surface area contributed by atoms with Crippen molar-refractivity contribution in [2.45, 2.75) is 32.6 Å². The maximum atomic E-state index is 11.8. The lowest BCUT2D eigenvalue weighted by molar-refractivity contribution is -0.144. The standard InChI is InChI=1S/C15H19NO5/c1-2-21-15(20)10-8-13(17)16-12-6-4-3-5-11(12)7-9-14(18)19/h3-6H,2,7-10H2,1H3,(H,16,17)(H,18,19). The molecule has 0 bridgehead atoms. The lowest BCUT2D eigenvalue weighted by atomic mass is 10.1. The molecule has 6 heteroatoms. The molecule has 0 radical (unpaired) electrons. The Morgan fingerprint density at radius 3 is 2.52 bits per heavy atom. The van der Waals surface area contributed by atoms with Gasteiger partial charge in [0.05, 0.1) is 13.0 Å². The quantitative estimate of drug-likeness (QED) is 0.715. The monoisotopic (exact) mass is 293 g/mol. The first-order chi connectivity index (χ1) is 10.0. The van der Waals surface area contributed by atoms with Gasteiger partial charge in [-0.05, 0) is 25.0 Å². The van der Waals surface area contributed by atoms with Gasteiger partial charge in [-0.15, -0.1) is 0 Å². The zero-order chi connectivity index (χ0) is 15.7. The van der Waals surface area contributed by atoms with Crippen LogP contribution in [0.1, 0.15) is 31.7 Å². The molecule has 0 aliphatic rings. The van der Waals surface area contributed by atoms with E-state index in [2.05, 4.69) is 5.32 Å². The van der Waals surface area contributed by atoms with Gasteiger partial charge in [-0.1, -0.05) is 18.2 Å². The number of carboxylic acid groups (broad SMARTS) is 1. The van der Waals surface area contributed by atoms with E-state index in [1.165, 1.54) is 0 Å². The molecule has 0 saturated heterocycles. The lowest BCUT2D eigenvalue weighted by Gasteiger charge is -2.10. The number of para-hydroxylation sites is 1. The van der Waals surface area contributed by atoms with Crippen molar-refractivity contribution in [2.75, 3.05) is 11.9 Å². The molecule has 0 spiro atoms. The number of carbonyl (C=O) groups is 3. The van der Waals surface area contributed by atoms with Crippen molar-refractivity contribution in [2.24, 2.45) is 0 Å². The summed E-state index contributed by atoms with van der Waals surface area (Å²) in [5.74, 6) is -1.60. The predicted octanol–water partition coefficient (Wildman–Crippen LogP) is 1.99. The fourth-order valence-corrected chi connectivity index (χ4v) is 1.76. The minimum Gasteiger partial charge on any atom is -0.481 e. The van der Waals surface area contributed by atoms with Crippen molar-refractivity contribution in [3.05, 3.63) is 29.8 Å². The van der Waals surface area contributed by atoms with E-state index in [4.69, 9.17) is 9.84 Å². The molecule has 0 heterocycles. The summed E-state index contributed by atoms with van der Waals surface area (Å²) in [6.45, 7) is 2.00. The number of amides is 1. The van der Waals surface area contributed by atoms with E-state index in [1.807, 2.05) is 0 Å². The average Bonchev–Trinajstić information content (AvgIpc) is 2.44. The van der Waals surface area contributed by atoms with Gasteiger partial charge >= 0.3 is 11.9 Å². The summed E-state index contributed by atoms with van der Waals surface area (Å²) in [5.41, 5.74) is 1.33. The molecule has 0 aliphatic heterocycles. The summed E-state index contributed by atoms with van der Waals surface area (Å²) in [6, 6.07) is 7.01. The normalized spacial score (nSPS) is 9.95. The summed E-state index contributed by atoms with van der Waals surface area (Å²) in [5, 5.41) is 11.4. The fraction of sp³-hybridized carbons (Fsp3) is 0.400. The molecule has 1 aromatic rings. The van der Waals surface area contributed by atoms with Crippen molar-refractivity contribution in [1.29, 1.82) is 0 Å². The van der Waals surface area contributed by atoms with Crippen LogP contribution >= 0.6 is 0 Å². The summed E-state index contributed by atoms with van der Waals surface area (Å²) in [6.07, 6.45) is 0.391. The van der Waals surface area contributed by atoms with E-state index in [0.717, 1.165) is 5.56 Å². The number of benzene rings is 1. The summed E-state index contributed by atoms with van der Waals surface area (Å²) in [4.78, 5) is 33.6. The van der Waals surface area contributed by atoms with Gasteiger partial charge in [0.15, 0.2) is 0 Å². The van der Waals surface area contributed by atoms with E-state index in [1.54, 1.807) is 31.2 Å². The average molecular weight is 293 g/mol. The molecule has 1 rings (SSSR count). The first-order valence-corrected chi connectivity index (χ1v) is 6.78. The van der Waals surface area contributed by atoms with E-state index < -0.39 is 11.9 Å². The molecule has 0 aliphatic carbocycles. The number of anilines is 1. The van der Waals surface area contributed by atoms with Crippen LogP contribution in [0.15, 0.2) is 24.3 Å². The zero-order valence-corrected chi connectivity index (χ0v) is 11.9. The predicted molar refractivity (Wildman–Crippen MR) is 76.9 cm³/mol. The van der Waals surface area contributed by atoms with Crippen LogP contribution in [-0.2, 0) is 25.5 Å². The number of carboxylic acids is 1. The van der Waals surface area contributed by atoms with E-state index >= 15 is 0 Å². The highest BCUT2D eigenvalue weighted by molar-refractivity contribution is 5.93. The molecule has 21 heavy (non-hydrogen) atoms. The van der Waals surface area contributed by atoms with Crippen molar-refractivity contribution in [3.63, 3.8) is 0 Å². The second-order valence-corrected chi connectivity index (χ2v) is 4.40. The van der Waals surface area contributed by atoms with Crippen LogP contribution in [0.3, 0.4) is 0 Å². The molecule has 114 valence electrons. The minimum atomic E-state index is -0.890. The van der Waals surface area contributed by atoms with Gasteiger partial charge in [-0.25, -0.2) is 0 Å². The number of rotatable bonds is 8. The zero-order valence-electron chi connectivity index (χ0n) is 11.9. The van der Waals surface area contributed by atoms with Gasteiger partial charge in [-0.3, -0.25) is 14.4 Å². The molecular formula is C15H19NO5. The van der Waals surface area contributed by atoms with Gasteiger partial charge in [0, 0.05) is 18.5 Å². The highest BCUT2D eigenvalue weighted by atomic mass is 16.5. The second kappa shape index (κ2) is 8.73. The van der Waals surface area contributed by atoms with Crippen molar-refractivity contribution in [1.82, 2.24) is 0 Å². The molecule has 6 nitrogen and oxygen atoms in total. The van der Waals surface area contributed by atoms with Crippen LogP contribution in [0, 0.1) is 0 Å². The molecule has 2 N–H and O–H groups in total. The number of hydrogen-bond acceptors (Lipinski definition) is 4.